The van der Waals surface area contributed by atoms with Gasteiger partial charge in [0.25, 0.3) is 0 Å². The lowest BCUT2D eigenvalue weighted by molar-refractivity contribution is 0.0653. The van der Waals surface area contributed by atoms with E-state index in [0.717, 1.165) is 19.3 Å². The van der Waals surface area contributed by atoms with E-state index in [1.165, 1.54) is 0 Å². The summed E-state index contributed by atoms with van der Waals surface area (Å²) in [7, 11) is 2.29. The summed E-state index contributed by atoms with van der Waals surface area (Å²) in [6.07, 6.45) is 11.4. The molecule has 5 heteroatoms. The van der Waals surface area contributed by atoms with E-state index in [0.29, 0.717) is 0 Å². The molecule has 0 fully saturated rings. The van der Waals surface area contributed by atoms with Gasteiger partial charge in [-0.25, -0.2) is 0 Å². The van der Waals surface area contributed by atoms with Crippen LogP contribution >= 0.6 is 0 Å². The molecule has 0 saturated carbocycles. The molecule has 1 heterocycles. The fourth-order valence-corrected chi connectivity index (χ4v) is 5.85. The Morgan fingerprint density at radius 2 is 1.61 bits per heavy atom. The van der Waals surface area contributed by atoms with Crippen LogP contribution in [-0.4, -0.2) is 34.7 Å². The molecule has 0 aromatic carbocycles. The van der Waals surface area contributed by atoms with Crippen molar-refractivity contribution in [2.75, 3.05) is 21.3 Å². The van der Waals surface area contributed by atoms with E-state index in [9.17, 15) is 0 Å². The van der Waals surface area contributed by atoms with E-state index in [-0.39, 0.29) is 5.16 Å². The topological polar surface area (TPSA) is 32.6 Å². The Balaban J connectivity index is 2.51. The van der Waals surface area contributed by atoms with Crippen LogP contribution in [0, 0.1) is 0 Å². The lowest BCUT2D eigenvalue weighted by Gasteiger charge is -2.45. The zero-order valence-corrected chi connectivity index (χ0v) is 12.3. The quantitative estimate of drug-likeness (QED) is 0.606. The van der Waals surface area contributed by atoms with Crippen LogP contribution in [0.4, 0.5) is 0 Å². The lowest BCUT2D eigenvalue weighted by Crippen LogP contribution is -2.64. The second-order valence-corrected chi connectivity index (χ2v) is 7.77. The van der Waals surface area contributed by atoms with Crippen molar-refractivity contribution in [3.63, 3.8) is 0 Å². The Kier molecular flexibility index (Phi) is 4.06. The molecule has 0 saturated heterocycles. The van der Waals surface area contributed by atoms with Crippen molar-refractivity contribution < 1.29 is 13.3 Å². The van der Waals surface area contributed by atoms with Gasteiger partial charge >= 0.3 is 8.80 Å². The Bertz CT molecular complexity index is 392. The summed E-state index contributed by atoms with van der Waals surface area (Å²) in [5, 5.41) is -0.233. The molecule has 0 bridgehead atoms. The highest BCUT2D eigenvalue weighted by molar-refractivity contribution is 6.63. The minimum absolute atomic E-state index is 0.233. The SMILES string of the molecule is CO[Si](OC)(OC)C1(n2cccc2)CC=CCC1. The average molecular weight is 267 g/mol. The maximum absolute atomic E-state index is 5.74. The summed E-state index contributed by atoms with van der Waals surface area (Å²) in [4.78, 5) is 0. The van der Waals surface area contributed by atoms with Crippen LogP contribution in [0.1, 0.15) is 19.3 Å². The molecule has 1 aromatic heterocycles. The van der Waals surface area contributed by atoms with E-state index in [1.807, 2.05) is 12.1 Å². The fraction of sp³-hybridized carbons (Fsp3) is 0.538. The van der Waals surface area contributed by atoms with Gasteiger partial charge in [0.2, 0.25) is 0 Å². The van der Waals surface area contributed by atoms with Gasteiger partial charge in [-0.05, 0) is 31.4 Å². The maximum Gasteiger partial charge on any atom is 0.527 e. The molecule has 1 aliphatic rings. The number of rotatable bonds is 5. The van der Waals surface area contributed by atoms with Crippen LogP contribution in [0.2, 0.25) is 0 Å². The van der Waals surface area contributed by atoms with Crippen molar-refractivity contribution in [2.45, 2.75) is 24.4 Å². The minimum atomic E-state index is -2.76. The van der Waals surface area contributed by atoms with E-state index in [2.05, 4.69) is 29.1 Å². The molecular formula is C13H21NO3Si. The third kappa shape index (κ3) is 1.87. The fourth-order valence-electron chi connectivity index (χ4n) is 2.93. The first-order chi connectivity index (χ1) is 8.74. The van der Waals surface area contributed by atoms with Crippen LogP contribution in [0.3, 0.4) is 0 Å². The second kappa shape index (κ2) is 5.40. The van der Waals surface area contributed by atoms with Crippen LogP contribution in [0.5, 0.6) is 0 Å². The van der Waals surface area contributed by atoms with Gasteiger partial charge in [-0.3, -0.25) is 0 Å². The minimum Gasteiger partial charge on any atom is -0.375 e. The summed E-state index contributed by atoms with van der Waals surface area (Å²) < 4.78 is 19.4. The first kappa shape index (κ1) is 13.5. The molecule has 18 heavy (non-hydrogen) atoms. The second-order valence-electron chi connectivity index (χ2n) is 4.50. The van der Waals surface area contributed by atoms with Gasteiger partial charge in [-0.15, -0.1) is 0 Å². The van der Waals surface area contributed by atoms with Crippen molar-refractivity contribution in [1.29, 1.82) is 0 Å². The molecule has 0 aliphatic heterocycles. The third-order valence-corrected chi connectivity index (χ3v) is 7.29. The summed E-state index contributed by atoms with van der Waals surface area (Å²) >= 11 is 0. The highest BCUT2D eigenvalue weighted by Gasteiger charge is 2.60. The van der Waals surface area contributed by atoms with Gasteiger partial charge in [0.1, 0.15) is 5.16 Å². The van der Waals surface area contributed by atoms with Gasteiger partial charge in [0, 0.05) is 33.7 Å². The molecule has 0 radical (unpaired) electrons. The first-order valence-corrected chi connectivity index (χ1v) is 7.91. The van der Waals surface area contributed by atoms with E-state index >= 15 is 0 Å². The Hall–Kier alpha value is -0.883. The van der Waals surface area contributed by atoms with Crippen molar-refractivity contribution in [3.05, 3.63) is 36.7 Å². The molecule has 1 aliphatic carbocycles. The maximum atomic E-state index is 5.74. The van der Waals surface area contributed by atoms with E-state index in [1.54, 1.807) is 21.3 Å². The van der Waals surface area contributed by atoms with Gasteiger partial charge in [-0.1, -0.05) is 12.2 Å². The predicted octanol–water partition coefficient (Wildman–Crippen LogP) is 2.34. The average Bonchev–Trinajstić information content (AvgIpc) is 2.97. The standard InChI is InChI=1S/C13H21NO3Si/c1-15-18(16-2,17-3)13(9-5-4-6-10-13)14-11-7-8-12-14/h4-5,7-8,11-12H,6,9-10H2,1-3H3. The zero-order chi connectivity index (χ0) is 13.1. The zero-order valence-electron chi connectivity index (χ0n) is 11.3. The number of hydrogen-bond donors (Lipinski definition) is 0. The molecule has 0 N–H and O–H groups in total. The van der Waals surface area contributed by atoms with Crippen LogP contribution in [-0.2, 0) is 18.4 Å². The van der Waals surface area contributed by atoms with Crippen LogP contribution in [0.15, 0.2) is 36.7 Å². The Morgan fingerprint density at radius 3 is 2.06 bits per heavy atom. The molecular weight excluding hydrogens is 246 g/mol. The molecule has 1 atom stereocenters. The number of nitrogens with zero attached hydrogens (tertiary/aromatic N) is 1. The van der Waals surface area contributed by atoms with E-state index in [4.69, 9.17) is 13.3 Å². The Labute approximate surface area is 110 Å². The summed E-state index contributed by atoms with van der Waals surface area (Å²) in [6.45, 7) is 0. The lowest BCUT2D eigenvalue weighted by atomic mass is 10.0. The summed E-state index contributed by atoms with van der Waals surface area (Å²) in [5.74, 6) is 0. The molecule has 100 valence electrons. The molecule has 1 unspecified atom stereocenters. The van der Waals surface area contributed by atoms with Gasteiger partial charge in [-0.2, -0.15) is 0 Å². The normalized spacial score (nSPS) is 24.4. The third-order valence-electron chi connectivity index (χ3n) is 3.82. The number of hydrogen-bond acceptors (Lipinski definition) is 3. The highest BCUT2D eigenvalue weighted by atomic mass is 28.4. The van der Waals surface area contributed by atoms with Gasteiger partial charge < -0.3 is 17.8 Å². The molecule has 0 spiro atoms. The highest BCUT2D eigenvalue weighted by Crippen LogP contribution is 2.40. The monoisotopic (exact) mass is 267 g/mol. The Morgan fingerprint density at radius 1 is 1.00 bits per heavy atom. The van der Waals surface area contributed by atoms with Gasteiger partial charge in [0.15, 0.2) is 0 Å². The first-order valence-electron chi connectivity index (χ1n) is 6.18. The number of aromatic nitrogens is 1. The smallest absolute Gasteiger partial charge is 0.375 e. The molecule has 1 aromatic rings. The largest absolute Gasteiger partial charge is 0.527 e. The van der Waals surface area contributed by atoms with Crippen molar-refractivity contribution in [1.82, 2.24) is 4.57 Å². The van der Waals surface area contributed by atoms with Crippen LogP contribution < -0.4 is 0 Å². The predicted molar refractivity (Wildman–Crippen MR) is 72.2 cm³/mol. The van der Waals surface area contributed by atoms with Crippen molar-refractivity contribution >= 4 is 8.80 Å². The summed E-state index contributed by atoms with van der Waals surface area (Å²) in [6, 6.07) is 4.06. The van der Waals surface area contributed by atoms with Crippen molar-refractivity contribution in [2.24, 2.45) is 0 Å². The molecule has 4 nitrogen and oxygen atoms in total. The van der Waals surface area contributed by atoms with Gasteiger partial charge in [0.05, 0.1) is 0 Å². The van der Waals surface area contributed by atoms with Crippen molar-refractivity contribution in [3.8, 4) is 0 Å². The molecule has 0 amide bonds. The van der Waals surface area contributed by atoms with Crippen LogP contribution in [0.25, 0.3) is 0 Å². The summed E-state index contributed by atoms with van der Waals surface area (Å²) in [5.41, 5.74) is 0. The van der Waals surface area contributed by atoms with E-state index < -0.39 is 8.80 Å². The molecule has 2 rings (SSSR count). The number of allylic oxidation sites excluding steroid dienone is 2.